The van der Waals surface area contributed by atoms with Crippen molar-refractivity contribution in [3.8, 4) is 0 Å². The number of hydrogen-bond donors (Lipinski definition) is 3. The number of nitrogens with one attached hydrogen (secondary N) is 1. The zero-order valence-corrected chi connectivity index (χ0v) is 11.4. The van der Waals surface area contributed by atoms with Crippen molar-refractivity contribution in [2.45, 2.75) is 58.9 Å². The number of hydrogen-bond acceptors (Lipinski definition) is 3. The normalized spacial score (nSPS) is 20.8. The van der Waals surface area contributed by atoms with Gasteiger partial charge in [-0.05, 0) is 38.6 Å². The Morgan fingerprint density at radius 1 is 1.47 bits per heavy atom. The van der Waals surface area contributed by atoms with Crippen LogP contribution in [-0.2, 0) is 0 Å². The molecule has 0 amide bonds. The first-order valence-electron chi connectivity index (χ1n) is 6.69. The van der Waals surface area contributed by atoms with E-state index in [1.165, 1.54) is 25.7 Å². The first-order valence-corrected chi connectivity index (χ1v) is 6.69. The molecule has 0 radical (unpaired) electrons. The minimum atomic E-state index is -0.239. The van der Waals surface area contributed by atoms with Crippen LogP contribution in [0.5, 0.6) is 0 Å². The molecule has 0 saturated heterocycles. The van der Waals surface area contributed by atoms with Gasteiger partial charge < -0.3 is 16.3 Å². The third kappa shape index (κ3) is 4.19. The summed E-state index contributed by atoms with van der Waals surface area (Å²) in [6, 6.07) is 0.584. The largest absolute Gasteiger partial charge is 0.409 e. The molecular formula is C13H27N3O. The zero-order chi connectivity index (χ0) is 12.9. The van der Waals surface area contributed by atoms with E-state index in [1.807, 2.05) is 13.8 Å². The molecule has 1 rings (SSSR count). The number of nitrogens with two attached hydrogens (primary N) is 1. The quantitative estimate of drug-likeness (QED) is 0.289. The first-order chi connectivity index (χ1) is 7.97. The average molecular weight is 241 g/mol. The van der Waals surface area contributed by atoms with E-state index in [2.05, 4.69) is 17.4 Å². The Bertz CT molecular complexity index is 257. The van der Waals surface area contributed by atoms with Crippen molar-refractivity contribution in [1.29, 1.82) is 0 Å². The lowest BCUT2D eigenvalue weighted by molar-refractivity contribution is 0.302. The summed E-state index contributed by atoms with van der Waals surface area (Å²) in [7, 11) is 0. The fraction of sp³-hybridized carbons (Fsp3) is 0.923. The summed E-state index contributed by atoms with van der Waals surface area (Å²) in [5, 5.41) is 15.4. The number of nitrogens with zero attached hydrogens (tertiary/aromatic N) is 1. The van der Waals surface area contributed by atoms with Gasteiger partial charge in [-0.25, -0.2) is 0 Å². The Morgan fingerprint density at radius 2 is 2.06 bits per heavy atom. The molecule has 1 aliphatic carbocycles. The van der Waals surface area contributed by atoms with Gasteiger partial charge in [-0.2, -0.15) is 0 Å². The molecule has 0 aromatic heterocycles. The molecule has 0 aromatic rings. The van der Waals surface area contributed by atoms with Crippen molar-refractivity contribution < 1.29 is 5.21 Å². The van der Waals surface area contributed by atoms with Gasteiger partial charge in [0, 0.05) is 11.5 Å². The fourth-order valence-corrected chi connectivity index (χ4v) is 2.50. The second-order valence-corrected chi connectivity index (χ2v) is 5.91. The highest BCUT2D eigenvalue weighted by atomic mass is 16.4. The van der Waals surface area contributed by atoms with Crippen molar-refractivity contribution in [2.24, 2.45) is 22.2 Å². The van der Waals surface area contributed by atoms with E-state index in [1.54, 1.807) is 0 Å². The Morgan fingerprint density at radius 3 is 2.59 bits per heavy atom. The van der Waals surface area contributed by atoms with E-state index in [9.17, 15) is 0 Å². The maximum absolute atomic E-state index is 8.69. The highest BCUT2D eigenvalue weighted by Crippen LogP contribution is 2.27. The van der Waals surface area contributed by atoms with Crippen LogP contribution in [0.2, 0.25) is 0 Å². The van der Waals surface area contributed by atoms with Crippen LogP contribution in [0, 0.1) is 11.3 Å². The lowest BCUT2D eigenvalue weighted by atomic mass is 9.88. The van der Waals surface area contributed by atoms with E-state index in [0.717, 1.165) is 18.9 Å². The van der Waals surface area contributed by atoms with Gasteiger partial charge in [0.2, 0.25) is 0 Å². The average Bonchev–Trinajstić information content (AvgIpc) is 2.80. The van der Waals surface area contributed by atoms with E-state index >= 15 is 0 Å². The van der Waals surface area contributed by atoms with Gasteiger partial charge in [-0.15, -0.1) is 0 Å². The van der Waals surface area contributed by atoms with Gasteiger partial charge in [-0.1, -0.05) is 31.8 Å². The Kier molecular flexibility index (Phi) is 5.25. The lowest BCUT2D eigenvalue weighted by Crippen LogP contribution is -2.38. The van der Waals surface area contributed by atoms with Crippen molar-refractivity contribution in [2.75, 3.05) is 6.54 Å². The van der Waals surface area contributed by atoms with Crippen LogP contribution in [0.15, 0.2) is 5.16 Å². The molecule has 1 saturated carbocycles. The van der Waals surface area contributed by atoms with Crippen LogP contribution in [0.1, 0.15) is 52.9 Å². The Labute approximate surface area is 105 Å². The van der Waals surface area contributed by atoms with Crippen molar-refractivity contribution in [1.82, 2.24) is 5.32 Å². The first kappa shape index (κ1) is 14.3. The van der Waals surface area contributed by atoms with Crippen LogP contribution < -0.4 is 11.1 Å². The minimum absolute atomic E-state index is 0.239. The van der Waals surface area contributed by atoms with E-state index < -0.39 is 0 Å². The van der Waals surface area contributed by atoms with E-state index in [-0.39, 0.29) is 5.41 Å². The van der Waals surface area contributed by atoms with Crippen LogP contribution in [0.25, 0.3) is 0 Å². The van der Waals surface area contributed by atoms with Crippen LogP contribution in [0.3, 0.4) is 0 Å². The Balaban J connectivity index is 2.27. The van der Waals surface area contributed by atoms with Gasteiger partial charge in [-0.3, -0.25) is 0 Å². The van der Waals surface area contributed by atoms with Crippen LogP contribution in [-0.4, -0.2) is 23.6 Å². The maximum Gasteiger partial charge on any atom is 0.144 e. The minimum Gasteiger partial charge on any atom is -0.409 e. The summed E-state index contributed by atoms with van der Waals surface area (Å²) >= 11 is 0. The molecule has 17 heavy (non-hydrogen) atoms. The highest BCUT2D eigenvalue weighted by molar-refractivity contribution is 5.85. The summed E-state index contributed by atoms with van der Waals surface area (Å²) in [5.41, 5.74) is 5.42. The number of amidine groups is 1. The second-order valence-electron chi connectivity index (χ2n) is 5.91. The van der Waals surface area contributed by atoms with Crippen molar-refractivity contribution in [3.63, 3.8) is 0 Å². The third-order valence-electron chi connectivity index (χ3n) is 4.12. The molecule has 0 spiro atoms. The van der Waals surface area contributed by atoms with Gasteiger partial charge in [0.05, 0.1) is 0 Å². The van der Waals surface area contributed by atoms with Gasteiger partial charge in [0.25, 0.3) is 0 Å². The molecule has 4 heteroatoms. The van der Waals surface area contributed by atoms with E-state index in [0.29, 0.717) is 11.9 Å². The predicted molar refractivity (Wildman–Crippen MR) is 71.2 cm³/mol. The molecule has 4 N–H and O–H groups in total. The predicted octanol–water partition coefficient (Wildman–Crippen LogP) is 2.32. The van der Waals surface area contributed by atoms with Crippen LogP contribution in [0.4, 0.5) is 0 Å². The summed E-state index contributed by atoms with van der Waals surface area (Å²) in [6.45, 7) is 7.20. The molecule has 0 heterocycles. The topological polar surface area (TPSA) is 70.6 Å². The molecule has 0 unspecified atom stereocenters. The molecule has 100 valence electrons. The van der Waals surface area contributed by atoms with Crippen LogP contribution >= 0.6 is 0 Å². The standard InChI is InChI=1S/C13H27N3O/c1-10(11-6-4-5-7-11)15-9-8-13(2,3)12(14)16-17/h10-11,15,17H,4-9H2,1-3H3,(H2,14,16)/t10-/m0/s1. The van der Waals surface area contributed by atoms with E-state index in [4.69, 9.17) is 10.9 Å². The summed E-state index contributed by atoms with van der Waals surface area (Å²) < 4.78 is 0. The lowest BCUT2D eigenvalue weighted by Gasteiger charge is -2.26. The van der Waals surface area contributed by atoms with Gasteiger partial charge >= 0.3 is 0 Å². The number of rotatable bonds is 6. The fourth-order valence-electron chi connectivity index (χ4n) is 2.50. The monoisotopic (exact) mass is 241 g/mol. The maximum atomic E-state index is 8.69. The molecule has 1 aliphatic rings. The molecule has 0 aromatic carbocycles. The highest BCUT2D eigenvalue weighted by Gasteiger charge is 2.25. The summed E-state index contributed by atoms with van der Waals surface area (Å²) in [5.74, 6) is 1.15. The Hall–Kier alpha value is -0.770. The van der Waals surface area contributed by atoms with Gasteiger partial charge in [0.1, 0.15) is 5.84 Å². The summed E-state index contributed by atoms with van der Waals surface area (Å²) in [4.78, 5) is 0. The smallest absolute Gasteiger partial charge is 0.144 e. The van der Waals surface area contributed by atoms with Crippen molar-refractivity contribution in [3.05, 3.63) is 0 Å². The SMILES string of the molecule is C[C@H](NCCC(C)(C)C(N)=NO)C1CCCC1. The number of oxime groups is 1. The molecule has 0 aliphatic heterocycles. The second kappa shape index (κ2) is 6.24. The van der Waals surface area contributed by atoms with Gasteiger partial charge in [0.15, 0.2) is 0 Å². The molecule has 0 bridgehead atoms. The summed E-state index contributed by atoms with van der Waals surface area (Å²) in [6.07, 6.45) is 6.37. The van der Waals surface area contributed by atoms with Crippen molar-refractivity contribution >= 4 is 5.84 Å². The molecule has 1 fully saturated rings. The third-order valence-corrected chi connectivity index (χ3v) is 4.12. The molecule has 4 nitrogen and oxygen atoms in total. The molecular weight excluding hydrogens is 214 g/mol. The molecule has 1 atom stereocenters. The zero-order valence-electron chi connectivity index (χ0n) is 11.4.